The van der Waals surface area contributed by atoms with Crippen LogP contribution in [0.1, 0.15) is 12.8 Å². The normalized spacial score (nSPS) is 14.3. The summed E-state index contributed by atoms with van der Waals surface area (Å²) in [5, 5.41) is 3.79. The number of anilines is 1. The molecule has 1 heterocycles. The Balaban J connectivity index is 1.36. The van der Waals surface area contributed by atoms with Gasteiger partial charge in [0.25, 0.3) is 0 Å². The van der Waals surface area contributed by atoms with Crippen molar-refractivity contribution >= 4 is 40.9 Å². The first kappa shape index (κ1) is 21.3. The predicted octanol–water partition coefficient (Wildman–Crippen LogP) is 4.86. The second-order valence-electron chi connectivity index (χ2n) is 6.65. The van der Waals surface area contributed by atoms with Crippen molar-refractivity contribution < 1.29 is 19.1 Å². The van der Waals surface area contributed by atoms with Crippen LogP contribution in [0.3, 0.4) is 0 Å². The molecule has 1 aliphatic heterocycles. The smallest absolute Gasteiger partial charge is 0.321 e. The third-order valence-electron chi connectivity index (χ3n) is 4.62. The van der Waals surface area contributed by atoms with Gasteiger partial charge in [-0.15, -0.1) is 0 Å². The maximum atomic E-state index is 12.3. The van der Waals surface area contributed by atoms with Gasteiger partial charge in [-0.05, 0) is 43.2 Å². The van der Waals surface area contributed by atoms with E-state index in [1.54, 1.807) is 23.1 Å². The maximum absolute atomic E-state index is 12.3. The van der Waals surface area contributed by atoms with Crippen molar-refractivity contribution in [2.75, 3.05) is 31.6 Å². The molecule has 2 aromatic rings. The number of nitrogens with zero attached hydrogens (tertiary/aromatic N) is 1. The van der Waals surface area contributed by atoms with Crippen molar-refractivity contribution in [3.63, 3.8) is 0 Å². The van der Waals surface area contributed by atoms with Crippen LogP contribution >= 0.6 is 23.2 Å². The molecule has 0 saturated carbocycles. The number of carbonyl (C=O) groups is 2. The Labute approximate surface area is 179 Å². The summed E-state index contributed by atoms with van der Waals surface area (Å²) in [7, 11) is 0. The number of piperidine rings is 1. The van der Waals surface area contributed by atoms with Gasteiger partial charge in [0.15, 0.2) is 0 Å². The Hall–Kier alpha value is -2.44. The van der Waals surface area contributed by atoms with Gasteiger partial charge in [-0.1, -0.05) is 41.4 Å². The third-order valence-corrected chi connectivity index (χ3v) is 5.15. The number of likely N-dealkylation sites (tertiary alicyclic amines) is 1. The monoisotopic (exact) mass is 436 g/mol. The molecule has 2 amide bonds. The molecule has 0 spiro atoms. The quantitative estimate of drug-likeness (QED) is 0.518. The minimum Gasteiger partial charge on any atom is -0.488 e. The van der Waals surface area contributed by atoms with E-state index in [4.69, 9.17) is 32.7 Å². The minimum atomic E-state index is -0.265. The fraction of sp³-hybridized carbons (Fsp3) is 0.333. The molecule has 29 heavy (non-hydrogen) atoms. The highest BCUT2D eigenvalue weighted by molar-refractivity contribution is 6.35. The summed E-state index contributed by atoms with van der Waals surface area (Å²) in [6.07, 6.45) is 1.15. The largest absolute Gasteiger partial charge is 0.488 e. The van der Waals surface area contributed by atoms with Gasteiger partial charge in [-0.25, -0.2) is 4.79 Å². The van der Waals surface area contributed by atoms with Crippen LogP contribution in [0, 0.1) is 5.92 Å². The molecule has 8 heteroatoms. The van der Waals surface area contributed by atoms with Crippen molar-refractivity contribution in [3.05, 3.63) is 58.6 Å². The highest BCUT2D eigenvalue weighted by atomic mass is 35.5. The Morgan fingerprint density at radius 2 is 1.76 bits per heavy atom. The van der Waals surface area contributed by atoms with Crippen molar-refractivity contribution in [2.45, 2.75) is 12.8 Å². The zero-order chi connectivity index (χ0) is 20.6. The molecule has 3 rings (SSSR count). The number of ether oxygens (including phenoxy) is 2. The number of rotatable bonds is 6. The Kier molecular flexibility index (Phi) is 7.61. The number of urea groups is 1. The molecule has 0 unspecified atom stereocenters. The van der Waals surface area contributed by atoms with Crippen LogP contribution in [0.25, 0.3) is 0 Å². The molecule has 6 nitrogen and oxygen atoms in total. The van der Waals surface area contributed by atoms with Gasteiger partial charge in [-0.2, -0.15) is 0 Å². The SMILES string of the molecule is O=C(OCCOc1ccc(Cl)cc1Cl)C1CCN(C(=O)Nc2ccccc2)CC1. The Morgan fingerprint density at radius 1 is 1.03 bits per heavy atom. The number of halogens is 2. The molecule has 0 aromatic heterocycles. The second kappa shape index (κ2) is 10.4. The Bertz CT molecular complexity index is 840. The lowest BCUT2D eigenvalue weighted by atomic mass is 9.97. The zero-order valence-electron chi connectivity index (χ0n) is 15.8. The first-order chi connectivity index (χ1) is 14.0. The van der Waals surface area contributed by atoms with E-state index in [2.05, 4.69) is 5.32 Å². The van der Waals surface area contributed by atoms with Gasteiger partial charge in [0.05, 0.1) is 10.9 Å². The number of amides is 2. The van der Waals surface area contributed by atoms with Gasteiger partial charge in [0, 0.05) is 23.8 Å². The highest BCUT2D eigenvalue weighted by Crippen LogP contribution is 2.27. The highest BCUT2D eigenvalue weighted by Gasteiger charge is 2.28. The third kappa shape index (κ3) is 6.27. The van der Waals surface area contributed by atoms with Crippen LogP contribution in [0.15, 0.2) is 48.5 Å². The average Bonchev–Trinajstić information content (AvgIpc) is 2.73. The van der Waals surface area contributed by atoms with Crippen molar-refractivity contribution in [2.24, 2.45) is 5.92 Å². The van der Waals surface area contributed by atoms with Gasteiger partial charge in [-0.3, -0.25) is 4.79 Å². The Morgan fingerprint density at radius 3 is 2.45 bits per heavy atom. The number of hydrogen-bond acceptors (Lipinski definition) is 4. The minimum absolute atomic E-state index is 0.131. The number of nitrogens with one attached hydrogen (secondary N) is 1. The van der Waals surface area contributed by atoms with Crippen molar-refractivity contribution in [1.29, 1.82) is 0 Å². The van der Waals surface area contributed by atoms with Crippen LogP contribution < -0.4 is 10.1 Å². The van der Waals surface area contributed by atoms with E-state index in [0.717, 1.165) is 5.69 Å². The molecule has 2 aromatic carbocycles. The number of esters is 1. The molecule has 1 aliphatic rings. The first-order valence-corrected chi connectivity index (χ1v) is 10.1. The summed E-state index contributed by atoms with van der Waals surface area (Å²) in [6, 6.07) is 14.1. The molecule has 0 bridgehead atoms. The standard InChI is InChI=1S/C21H22Cl2N2O4/c22-16-6-7-19(18(23)14-16)28-12-13-29-20(26)15-8-10-25(11-9-15)21(27)24-17-4-2-1-3-5-17/h1-7,14-15H,8-13H2,(H,24,27). The molecular formula is C21H22Cl2N2O4. The molecule has 0 aliphatic carbocycles. The summed E-state index contributed by atoms with van der Waals surface area (Å²) in [5.74, 6) is 0.0127. The first-order valence-electron chi connectivity index (χ1n) is 9.38. The number of para-hydroxylation sites is 1. The predicted molar refractivity (Wildman–Crippen MR) is 113 cm³/mol. The topological polar surface area (TPSA) is 67.9 Å². The van der Waals surface area contributed by atoms with E-state index < -0.39 is 0 Å². The lowest BCUT2D eigenvalue weighted by Crippen LogP contribution is -2.42. The lowest BCUT2D eigenvalue weighted by Gasteiger charge is -2.31. The van der Waals surface area contributed by atoms with Crippen LogP contribution in [-0.4, -0.2) is 43.2 Å². The summed E-state index contributed by atoms with van der Waals surface area (Å²) in [4.78, 5) is 26.3. The molecule has 0 atom stereocenters. The number of benzene rings is 2. The summed E-state index contributed by atoms with van der Waals surface area (Å²) < 4.78 is 10.8. The summed E-state index contributed by atoms with van der Waals surface area (Å²) in [5.41, 5.74) is 0.750. The van der Waals surface area contributed by atoms with E-state index in [0.29, 0.717) is 41.7 Å². The van der Waals surface area contributed by atoms with E-state index in [1.807, 2.05) is 30.3 Å². The lowest BCUT2D eigenvalue weighted by molar-refractivity contribution is -0.150. The fourth-order valence-corrected chi connectivity index (χ4v) is 3.51. The number of hydrogen-bond donors (Lipinski definition) is 1. The fourth-order valence-electron chi connectivity index (χ4n) is 3.05. The van der Waals surface area contributed by atoms with Crippen LogP contribution in [-0.2, 0) is 9.53 Å². The van der Waals surface area contributed by atoms with Crippen LogP contribution in [0.5, 0.6) is 5.75 Å². The molecular weight excluding hydrogens is 415 g/mol. The van der Waals surface area contributed by atoms with Gasteiger partial charge in [0.1, 0.15) is 19.0 Å². The second-order valence-corrected chi connectivity index (χ2v) is 7.49. The van der Waals surface area contributed by atoms with E-state index in [-0.39, 0.29) is 31.1 Å². The zero-order valence-corrected chi connectivity index (χ0v) is 17.3. The molecule has 0 radical (unpaired) electrons. The van der Waals surface area contributed by atoms with Crippen molar-refractivity contribution in [1.82, 2.24) is 4.90 Å². The van der Waals surface area contributed by atoms with Crippen molar-refractivity contribution in [3.8, 4) is 5.75 Å². The van der Waals surface area contributed by atoms with Gasteiger partial charge < -0.3 is 19.7 Å². The van der Waals surface area contributed by atoms with Gasteiger partial charge >= 0.3 is 12.0 Å². The number of carbonyl (C=O) groups excluding carboxylic acids is 2. The van der Waals surface area contributed by atoms with E-state index >= 15 is 0 Å². The van der Waals surface area contributed by atoms with Crippen LogP contribution in [0.4, 0.5) is 10.5 Å². The van der Waals surface area contributed by atoms with E-state index in [9.17, 15) is 9.59 Å². The molecule has 154 valence electrons. The summed E-state index contributed by atoms with van der Waals surface area (Å²) in [6.45, 7) is 1.35. The van der Waals surface area contributed by atoms with Gasteiger partial charge in [0.2, 0.25) is 0 Å². The summed E-state index contributed by atoms with van der Waals surface area (Å²) >= 11 is 11.9. The molecule has 1 saturated heterocycles. The maximum Gasteiger partial charge on any atom is 0.321 e. The van der Waals surface area contributed by atoms with E-state index in [1.165, 1.54) is 0 Å². The molecule has 1 N–H and O–H groups in total. The van der Waals surface area contributed by atoms with Crippen LogP contribution in [0.2, 0.25) is 10.0 Å². The average molecular weight is 437 g/mol. The molecule has 1 fully saturated rings.